The van der Waals surface area contributed by atoms with E-state index in [1.807, 2.05) is 13.0 Å². The van der Waals surface area contributed by atoms with Crippen LogP contribution >= 0.6 is 15.9 Å². The number of carbonyl (C=O) groups excluding carboxylic acids is 1. The zero-order valence-corrected chi connectivity index (χ0v) is 11.7. The first-order chi connectivity index (χ1) is 8.56. The number of aliphatic carboxylic acids is 1. The minimum Gasteiger partial charge on any atom is -0.481 e. The highest BCUT2D eigenvalue weighted by molar-refractivity contribution is 9.10. The fourth-order valence-electron chi connectivity index (χ4n) is 1.62. The summed E-state index contributed by atoms with van der Waals surface area (Å²) in [7, 11) is 0. The molecule has 18 heavy (non-hydrogen) atoms. The summed E-state index contributed by atoms with van der Waals surface area (Å²) in [6.07, 6.45) is 1.34. The van der Waals surface area contributed by atoms with Gasteiger partial charge in [-0.15, -0.1) is 0 Å². The number of hydrogen-bond acceptors (Lipinski definition) is 2. The van der Waals surface area contributed by atoms with E-state index in [0.717, 1.165) is 6.42 Å². The van der Waals surface area contributed by atoms with Crippen LogP contribution in [0.15, 0.2) is 28.7 Å². The first-order valence-corrected chi connectivity index (χ1v) is 6.61. The molecule has 0 bridgehead atoms. The molecule has 0 fully saturated rings. The normalized spacial score (nSPS) is 11.9. The van der Waals surface area contributed by atoms with Gasteiger partial charge >= 0.3 is 5.97 Å². The number of halogens is 1. The van der Waals surface area contributed by atoms with Gasteiger partial charge in [0.15, 0.2) is 0 Å². The molecule has 0 saturated heterocycles. The summed E-state index contributed by atoms with van der Waals surface area (Å²) < 4.78 is 0.699. The molecule has 98 valence electrons. The van der Waals surface area contributed by atoms with E-state index < -0.39 is 11.9 Å². The van der Waals surface area contributed by atoms with Gasteiger partial charge in [0.1, 0.15) is 0 Å². The second kappa shape index (κ2) is 7.16. The maximum atomic E-state index is 11.9. The van der Waals surface area contributed by atoms with E-state index in [9.17, 15) is 9.59 Å². The van der Waals surface area contributed by atoms with Gasteiger partial charge in [0.2, 0.25) is 0 Å². The maximum Gasteiger partial charge on any atom is 0.308 e. The van der Waals surface area contributed by atoms with Crippen LogP contribution < -0.4 is 5.32 Å². The van der Waals surface area contributed by atoms with Crippen LogP contribution in [0.25, 0.3) is 0 Å². The molecule has 0 aliphatic carbocycles. The highest BCUT2D eigenvalue weighted by Gasteiger charge is 2.18. The lowest BCUT2D eigenvalue weighted by molar-refractivity contribution is -0.141. The standard InChI is InChI=1S/C13H16BrNO3/c1-2-5-9(13(17)18)8-15-12(16)10-6-3-4-7-11(10)14/h3-4,6-7,9H,2,5,8H2,1H3,(H,15,16)(H,17,18). The predicted octanol–water partition coefficient (Wildman–Crippen LogP) is 2.68. The van der Waals surface area contributed by atoms with Crippen LogP contribution in [0.4, 0.5) is 0 Å². The molecule has 4 nitrogen and oxygen atoms in total. The lowest BCUT2D eigenvalue weighted by Gasteiger charge is -2.12. The van der Waals surface area contributed by atoms with Crippen LogP contribution in [0.2, 0.25) is 0 Å². The van der Waals surface area contributed by atoms with Crippen molar-refractivity contribution in [3.8, 4) is 0 Å². The number of carbonyl (C=O) groups is 2. The summed E-state index contributed by atoms with van der Waals surface area (Å²) in [5, 5.41) is 11.6. The van der Waals surface area contributed by atoms with Crippen LogP contribution in [-0.2, 0) is 4.79 Å². The van der Waals surface area contributed by atoms with Crippen LogP contribution in [-0.4, -0.2) is 23.5 Å². The molecule has 1 aromatic rings. The summed E-state index contributed by atoms with van der Waals surface area (Å²) in [6, 6.07) is 7.04. The van der Waals surface area contributed by atoms with Gasteiger partial charge in [0, 0.05) is 11.0 Å². The monoisotopic (exact) mass is 313 g/mol. The zero-order chi connectivity index (χ0) is 13.5. The van der Waals surface area contributed by atoms with E-state index in [4.69, 9.17) is 5.11 Å². The minimum atomic E-state index is -0.871. The second-order valence-corrected chi connectivity index (χ2v) is 4.87. The molecule has 0 aliphatic rings. The minimum absolute atomic E-state index is 0.156. The molecule has 1 amide bonds. The molecule has 0 radical (unpaired) electrons. The zero-order valence-electron chi connectivity index (χ0n) is 10.1. The van der Waals surface area contributed by atoms with Crippen molar-refractivity contribution in [1.82, 2.24) is 5.32 Å². The SMILES string of the molecule is CCCC(CNC(=O)c1ccccc1Br)C(=O)O. The van der Waals surface area contributed by atoms with Gasteiger partial charge in [-0.1, -0.05) is 25.5 Å². The Hall–Kier alpha value is -1.36. The predicted molar refractivity (Wildman–Crippen MR) is 72.5 cm³/mol. The molecule has 2 N–H and O–H groups in total. The Morgan fingerprint density at radius 3 is 2.61 bits per heavy atom. The van der Waals surface area contributed by atoms with E-state index >= 15 is 0 Å². The average Bonchev–Trinajstić information content (AvgIpc) is 2.34. The number of amides is 1. The molecule has 1 atom stereocenters. The summed E-state index contributed by atoms with van der Waals surface area (Å²) in [5.74, 6) is -1.66. The number of hydrogen-bond donors (Lipinski definition) is 2. The maximum absolute atomic E-state index is 11.9. The summed E-state index contributed by atoms with van der Waals surface area (Å²) in [6.45, 7) is 2.08. The quantitative estimate of drug-likeness (QED) is 0.848. The van der Waals surface area contributed by atoms with Crippen molar-refractivity contribution in [2.45, 2.75) is 19.8 Å². The number of carboxylic acid groups (broad SMARTS) is 1. The number of carboxylic acids is 1. The fourth-order valence-corrected chi connectivity index (χ4v) is 2.08. The molecular formula is C13H16BrNO3. The number of benzene rings is 1. The Kier molecular flexibility index (Phi) is 5.85. The summed E-state index contributed by atoms with van der Waals surface area (Å²) >= 11 is 3.29. The lowest BCUT2D eigenvalue weighted by Crippen LogP contribution is -2.33. The van der Waals surface area contributed by atoms with Crippen molar-refractivity contribution < 1.29 is 14.7 Å². The summed E-state index contributed by atoms with van der Waals surface area (Å²) in [4.78, 5) is 22.8. The highest BCUT2D eigenvalue weighted by atomic mass is 79.9. The van der Waals surface area contributed by atoms with Gasteiger partial charge < -0.3 is 10.4 Å². The van der Waals surface area contributed by atoms with Crippen molar-refractivity contribution in [2.75, 3.05) is 6.54 Å². The third kappa shape index (κ3) is 4.14. The third-order valence-electron chi connectivity index (χ3n) is 2.61. The van der Waals surface area contributed by atoms with E-state index in [1.54, 1.807) is 18.2 Å². The molecule has 0 saturated carbocycles. The molecule has 0 spiro atoms. The van der Waals surface area contributed by atoms with E-state index in [1.165, 1.54) is 0 Å². The van der Waals surface area contributed by atoms with Crippen molar-refractivity contribution in [2.24, 2.45) is 5.92 Å². The van der Waals surface area contributed by atoms with Crippen LogP contribution in [0, 0.1) is 5.92 Å². The Balaban J connectivity index is 2.60. The van der Waals surface area contributed by atoms with E-state index in [2.05, 4.69) is 21.2 Å². The van der Waals surface area contributed by atoms with Gasteiger partial charge in [0.05, 0.1) is 11.5 Å². The van der Waals surface area contributed by atoms with Crippen LogP contribution in [0.1, 0.15) is 30.1 Å². The Bertz CT molecular complexity index is 434. The van der Waals surface area contributed by atoms with Crippen molar-refractivity contribution >= 4 is 27.8 Å². The molecule has 1 rings (SSSR count). The molecule has 0 aromatic heterocycles. The van der Waals surface area contributed by atoms with Gasteiger partial charge in [-0.2, -0.15) is 0 Å². The Labute approximate surface area is 115 Å². The van der Waals surface area contributed by atoms with E-state index in [0.29, 0.717) is 16.5 Å². The highest BCUT2D eigenvalue weighted by Crippen LogP contribution is 2.15. The molecule has 1 unspecified atom stereocenters. The van der Waals surface area contributed by atoms with Crippen LogP contribution in [0.3, 0.4) is 0 Å². The van der Waals surface area contributed by atoms with Crippen molar-refractivity contribution in [3.05, 3.63) is 34.3 Å². The number of rotatable bonds is 6. The van der Waals surface area contributed by atoms with Gasteiger partial charge in [0.25, 0.3) is 5.91 Å². The van der Waals surface area contributed by atoms with Gasteiger partial charge in [-0.05, 0) is 34.5 Å². The lowest BCUT2D eigenvalue weighted by atomic mass is 10.0. The molecular weight excluding hydrogens is 298 g/mol. The fraction of sp³-hybridized carbons (Fsp3) is 0.385. The van der Waals surface area contributed by atoms with Crippen molar-refractivity contribution in [1.29, 1.82) is 0 Å². The Morgan fingerprint density at radius 2 is 2.06 bits per heavy atom. The summed E-state index contributed by atoms with van der Waals surface area (Å²) in [5.41, 5.74) is 0.512. The Morgan fingerprint density at radius 1 is 1.39 bits per heavy atom. The van der Waals surface area contributed by atoms with Crippen molar-refractivity contribution in [3.63, 3.8) is 0 Å². The molecule has 1 aromatic carbocycles. The first-order valence-electron chi connectivity index (χ1n) is 5.81. The third-order valence-corrected chi connectivity index (χ3v) is 3.31. The second-order valence-electron chi connectivity index (χ2n) is 4.01. The first kappa shape index (κ1) is 14.7. The average molecular weight is 314 g/mol. The van der Waals surface area contributed by atoms with Gasteiger partial charge in [-0.25, -0.2) is 0 Å². The number of nitrogens with one attached hydrogen (secondary N) is 1. The molecule has 0 heterocycles. The molecule has 0 aliphatic heterocycles. The van der Waals surface area contributed by atoms with E-state index in [-0.39, 0.29) is 12.5 Å². The van der Waals surface area contributed by atoms with Gasteiger partial charge in [-0.3, -0.25) is 9.59 Å². The van der Waals surface area contributed by atoms with Crippen LogP contribution in [0.5, 0.6) is 0 Å². The topological polar surface area (TPSA) is 66.4 Å². The largest absolute Gasteiger partial charge is 0.481 e. The smallest absolute Gasteiger partial charge is 0.308 e. The molecule has 5 heteroatoms.